The van der Waals surface area contributed by atoms with E-state index < -0.39 is 18.1 Å². The van der Waals surface area contributed by atoms with Gasteiger partial charge in [0.2, 0.25) is 0 Å². The number of aryl methyl sites for hydroxylation is 2. The Balaban J connectivity index is 1.19. The number of nitrogens with zero attached hydrogens (tertiary/aromatic N) is 3. The monoisotopic (exact) mass is 577 g/mol. The minimum absolute atomic E-state index is 0.123. The first-order chi connectivity index (χ1) is 20.2. The van der Waals surface area contributed by atoms with Gasteiger partial charge in [-0.2, -0.15) is 18.3 Å². The SMILES string of the molecule is NCc1cccc(-c2ccc(CCNCCCn3nc4c(c3C(=O)OC(=O)C(F)(F)F)CCc3cnccc3-4)cc2)c1. The molecule has 0 unspecified atom stereocenters. The number of pyridine rings is 1. The molecule has 0 bridgehead atoms. The second-order valence-electron chi connectivity index (χ2n) is 10.1. The molecule has 42 heavy (non-hydrogen) atoms. The van der Waals surface area contributed by atoms with Crippen LogP contribution in [0.25, 0.3) is 22.4 Å². The lowest BCUT2D eigenvalue weighted by Crippen LogP contribution is -2.29. The molecular formula is C31H30F3N5O3. The van der Waals surface area contributed by atoms with Crippen molar-refractivity contribution in [2.24, 2.45) is 5.73 Å². The van der Waals surface area contributed by atoms with E-state index in [0.29, 0.717) is 50.2 Å². The van der Waals surface area contributed by atoms with Gasteiger partial charge in [0, 0.05) is 36.6 Å². The van der Waals surface area contributed by atoms with Crippen LogP contribution in [0.2, 0.25) is 0 Å². The largest absolute Gasteiger partial charge is 0.491 e. The molecule has 0 spiro atoms. The highest BCUT2D eigenvalue weighted by molar-refractivity contribution is 5.99. The standard InChI is InChI=1S/C31H30F3N5O3/c32-31(33,34)30(41)42-29(40)28-26-10-9-24-19-37-15-12-25(24)27(26)38-39(28)16-2-13-36-14-11-20-5-7-22(8-6-20)23-4-1-3-21(17-23)18-35/h1,3-8,12,15,17,19,36H,2,9-11,13-14,16,18,35H2. The van der Waals surface area contributed by atoms with Gasteiger partial charge in [0.15, 0.2) is 5.69 Å². The van der Waals surface area contributed by atoms with Gasteiger partial charge in [-0.05, 0) is 78.7 Å². The van der Waals surface area contributed by atoms with Crippen molar-refractivity contribution in [1.82, 2.24) is 20.1 Å². The summed E-state index contributed by atoms with van der Waals surface area (Å²) in [6.45, 7) is 2.05. The number of carbonyl (C=O) groups is 2. The number of benzene rings is 2. The highest BCUT2D eigenvalue weighted by Gasteiger charge is 2.43. The summed E-state index contributed by atoms with van der Waals surface area (Å²) in [6, 6.07) is 18.3. The van der Waals surface area contributed by atoms with Crippen molar-refractivity contribution in [2.45, 2.75) is 44.9 Å². The fourth-order valence-electron chi connectivity index (χ4n) is 5.10. The van der Waals surface area contributed by atoms with Crippen LogP contribution in [0, 0.1) is 0 Å². The van der Waals surface area contributed by atoms with Crippen molar-refractivity contribution in [3.05, 3.63) is 94.9 Å². The van der Waals surface area contributed by atoms with E-state index in [-0.39, 0.29) is 12.2 Å². The Kier molecular flexibility index (Phi) is 8.79. The zero-order valence-corrected chi connectivity index (χ0v) is 22.8. The number of nitrogens with two attached hydrogens (primary N) is 1. The lowest BCUT2D eigenvalue weighted by atomic mass is 9.90. The number of aromatic nitrogens is 3. The van der Waals surface area contributed by atoms with Crippen LogP contribution in [0.4, 0.5) is 13.2 Å². The number of esters is 2. The van der Waals surface area contributed by atoms with Gasteiger partial charge in [0.1, 0.15) is 0 Å². The first kappa shape index (κ1) is 29.2. The average Bonchev–Trinajstić information content (AvgIpc) is 3.37. The molecule has 2 aromatic heterocycles. The van der Waals surface area contributed by atoms with E-state index in [4.69, 9.17) is 5.73 Å². The second kappa shape index (κ2) is 12.7. The Morgan fingerprint density at radius 3 is 2.57 bits per heavy atom. The van der Waals surface area contributed by atoms with E-state index in [1.165, 1.54) is 10.2 Å². The van der Waals surface area contributed by atoms with Crippen LogP contribution in [0.15, 0.2) is 67.0 Å². The van der Waals surface area contributed by atoms with Gasteiger partial charge in [0.05, 0.1) is 5.69 Å². The zero-order valence-electron chi connectivity index (χ0n) is 22.8. The molecule has 0 radical (unpaired) electrons. The van der Waals surface area contributed by atoms with E-state index in [0.717, 1.165) is 34.2 Å². The van der Waals surface area contributed by atoms with Crippen molar-refractivity contribution < 1.29 is 27.5 Å². The Morgan fingerprint density at radius 2 is 1.81 bits per heavy atom. The van der Waals surface area contributed by atoms with Gasteiger partial charge in [-0.15, -0.1) is 0 Å². The Morgan fingerprint density at radius 1 is 1.00 bits per heavy atom. The van der Waals surface area contributed by atoms with Crippen LogP contribution in [0.1, 0.15) is 39.2 Å². The molecule has 0 atom stereocenters. The Labute approximate surface area is 240 Å². The predicted molar refractivity (Wildman–Crippen MR) is 150 cm³/mol. The van der Waals surface area contributed by atoms with Gasteiger partial charge in [-0.1, -0.05) is 42.5 Å². The van der Waals surface area contributed by atoms with Gasteiger partial charge in [-0.3, -0.25) is 9.67 Å². The van der Waals surface area contributed by atoms with E-state index in [9.17, 15) is 22.8 Å². The molecule has 1 aliphatic rings. The van der Waals surface area contributed by atoms with Gasteiger partial charge < -0.3 is 15.8 Å². The number of nitrogens with one attached hydrogen (secondary N) is 1. The van der Waals surface area contributed by atoms with E-state index >= 15 is 0 Å². The first-order valence-corrected chi connectivity index (χ1v) is 13.7. The molecule has 4 aromatic rings. The second-order valence-corrected chi connectivity index (χ2v) is 10.1. The van der Waals surface area contributed by atoms with Gasteiger partial charge in [0.25, 0.3) is 0 Å². The lowest BCUT2D eigenvalue weighted by molar-refractivity contribution is -0.193. The van der Waals surface area contributed by atoms with E-state index in [1.807, 2.05) is 12.1 Å². The van der Waals surface area contributed by atoms with E-state index in [2.05, 4.69) is 56.5 Å². The van der Waals surface area contributed by atoms with Gasteiger partial charge >= 0.3 is 18.1 Å². The number of hydrogen-bond acceptors (Lipinski definition) is 7. The molecular weight excluding hydrogens is 547 g/mol. The van der Waals surface area contributed by atoms with Crippen molar-refractivity contribution >= 4 is 11.9 Å². The number of ether oxygens (including phenoxy) is 1. The van der Waals surface area contributed by atoms with Crippen molar-refractivity contribution in [2.75, 3.05) is 13.1 Å². The topological polar surface area (TPSA) is 112 Å². The molecule has 0 saturated carbocycles. The third kappa shape index (κ3) is 6.58. The van der Waals surface area contributed by atoms with Crippen LogP contribution in [-0.2, 0) is 41.9 Å². The third-order valence-electron chi connectivity index (χ3n) is 7.23. The van der Waals surface area contributed by atoms with Crippen LogP contribution in [-0.4, -0.2) is 46.0 Å². The summed E-state index contributed by atoms with van der Waals surface area (Å²) in [5.41, 5.74) is 12.8. The summed E-state index contributed by atoms with van der Waals surface area (Å²) >= 11 is 0. The average molecular weight is 578 g/mol. The number of carbonyl (C=O) groups excluding carboxylic acids is 2. The van der Waals surface area contributed by atoms with Crippen molar-refractivity contribution in [1.29, 1.82) is 0 Å². The summed E-state index contributed by atoms with van der Waals surface area (Å²) in [7, 11) is 0. The number of alkyl halides is 3. The molecule has 11 heteroatoms. The maximum atomic E-state index is 12.8. The van der Waals surface area contributed by atoms with Crippen LogP contribution >= 0.6 is 0 Å². The fourth-order valence-corrected chi connectivity index (χ4v) is 5.10. The number of halogens is 3. The zero-order chi connectivity index (χ0) is 29.7. The highest BCUT2D eigenvalue weighted by atomic mass is 19.4. The molecule has 0 fully saturated rings. The molecule has 2 heterocycles. The van der Waals surface area contributed by atoms with Crippen molar-refractivity contribution in [3.63, 3.8) is 0 Å². The summed E-state index contributed by atoms with van der Waals surface area (Å²) in [5.74, 6) is -3.90. The fraction of sp³-hybridized carbons (Fsp3) is 0.290. The quantitative estimate of drug-likeness (QED) is 0.161. The molecule has 8 nitrogen and oxygen atoms in total. The molecule has 218 valence electrons. The Bertz CT molecular complexity index is 1580. The smallest absolute Gasteiger partial charge is 0.381 e. The molecule has 3 N–H and O–H groups in total. The molecule has 1 aliphatic carbocycles. The van der Waals surface area contributed by atoms with Crippen LogP contribution in [0.5, 0.6) is 0 Å². The highest BCUT2D eigenvalue weighted by Crippen LogP contribution is 2.34. The molecule has 5 rings (SSSR count). The normalized spacial score (nSPS) is 12.5. The maximum Gasteiger partial charge on any atom is 0.491 e. The minimum Gasteiger partial charge on any atom is -0.381 e. The summed E-state index contributed by atoms with van der Waals surface area (Å²) in [6.07, 6.45) is 0.285. The third-order valence-corrected chi connectivity index (χ3v) is 7.23. The van der Waals surface area contributed by atoms with Gasteiger partial charge in [-0.25, -0.2) is 9.59 Å². The van der Waals surface area contributed by atoms with E-state index in [1.54, 1.807) is 18.5 Å². The van der Waals surface area contributed by atoms with Crippen LogP contribution < -0.4 is 11.1 Å². The molecule has 0 aliphatic heterocycles. The summed E-state index contributed by atoms with van der Waals surface area (Å²) in [4.78, 5) is 28.3. The molecule has 2 aromatic carbocycles. The number of hydrogen-bond donors (Lipinski definition) is 2. The van der Waals surface area contributed by atoms with Crippen LogP contribution in [0.3, 0.4) is 0 Å². The first-order valence-electron chi connectivity index (χ1n) is 13.7. The summed E-state index contributed by atoms with van der Waals surface area (Å²) < 4.78 is 43.9. The molecule has 0 saturated heterocycles. The summed E-state index contributed by atoms with van der Waals surface area (Å²) in [5, 5.41) is 7.91. The maximum absolute atomic E-state index is 12.8. The predicted octanol–water partition coefficient (Wildman–Crippen LogP) is 4.64. The van der Waals surface area contributed by atoms with Crippen molar-refractivity contribution in [3.8, 4) is 22.4 Å². The minimum atomic E-state index is -5.28. The lowest BCUT2D eigenvalue weighted by Gasteiger charge is -2.15. The Hall–Kier alpha value is -4.35. The number of fused-ring (bicyclic) bond motifs is 3. The molecule has 0 amide bonds. The number of rotatable bonds is 10.